The molecule has 0 unspecified atom stereocenters. The topological polar surface area (TPSA) is 77.0 Å². The summed E-state index contributed by atoms with van der Waals surface area (Å²) in [6, 6.07) is 3.24. The zero-order valence-corrected chi connectivity index (χ0v) is 12.4. The second-order valence-electron chi connectivity index (χ2n) is 5.16. The number of nitrogens with one attached hydrogen (secondary N) is 1. The fourth-order valence-corrected chi connectivity index (χ4v) is 1.62. The molecule has 6 nitrogen and oxygen atoms in total. The first-order valence-corrected chi connectivity index (χ1v) is 6.16. The van der Waals surface area contributed by atoms with Crippen LogP contribution >= 0.6 is 0 Å². The summed E-state index contributed by atoms with van der Waals surface area (Å²) in [5.41, 5.74) is 0.370. The Kier molecular flexibility index (Phi) is 5.21. The Morgan fingerprint density at radius 3 is 2.35 bits per heavy atom. The molecule has 1 aromatic rings. The van der Waals surface area contributed by atoms with Crippen LogP contribution in [0.15, 0.2) is 12.1 Å². The second kappa shape index (κ2) is 6.47. The number of ether oxygens (including phenoxy) is 3. The summed E-state index contributed by atoms with van der Waals surface area (Å²) < 4.78 is 15.6. The SMILES string of the molecule is COc1cc(CO)cc(NC(=O)OC(C)(C)C)c1OC. The van der Waals surface area contributed by atoms with Gasteiger partial charge in [-0.15, -0.1) is 0 Å². The minimum absolute atomic E-state index is 0.177. The molecule has 1 amide bonds. The van der Waals surface area contributed by atoms with Crippen molar-refractivity contribution in [2.45, 2.75) is 33.0 Å². The minimum atomic E-state index is -0.604. The van der Waals surface area contributed by atoms with E-state index in [1.54, 1.807) is 32.9 Å². The lowest BCUT2D eigenvalue weighted by molar-refractivity contribution is 0.0635. The number of hydrogen-bond donors (Lipinski definition) is 2. The van der Waals surface area contributed by atoms with Gasteiger partial charge in [-0.3, -0.25) is 5.32 Å². The zero-order chi connectivity index (χ0) is 15.3. The molecule has 112 valence electrons. The third kappa shape index (κ3) is 4.31. The lowest BCUT2D eigenvalue weighted by atomic mass is 10.1. The monoisotopic (exact) mass is 283 g/mol. The van der Waals surface area contributed by atoms with Crippen molar-refractivity contribution in [2.24, 2.45) is 0 Å². The van der Waals surface area contributed by atoms with Crippen molar-refractivity contribution in [1.82, 2.24) is 0 Å². The third-order valence-electron chi connectivity index (χ3n) is 2.36. The second-order valence-corrected chi connectivity index (χ2v) is 5.16. The minimum Gasteiger partial charge on any atom is -0.493 e. The number of aliphatic hydroxyl groups excluding tert-OH is 1. The van der Waals surface area contributed by atoms with E-state index in [4.69, 9.17) is 14.2 Å². The quantitative estimate of drug-likeness (QED) is 0.888. The van der Waals surface area contributed by atoms with Gasteiger partial charge in [0.15, 0.2) is 11.5 Å². The molecule has 0 fully saturated rings. The molecule has 0 bridgehead atoms. The molecule has 1 aromatic carbocycles. The van der Waals surface area contributed by atoms with E-state index in [0.29, 0.717) is 22.7 Å². The van der Waals surface area contributed by atoms with Crippen molar-refractivity contribution in [3.63, 3.8) is 0 Å². The molecule has 0 radical (unpaired) electrons. The molecule has 0 heterocycles. The average molecular weight is 283 g/mol. The van der Waals surface area contributed by atoms with Crippen LogP contribution in [0.25, 0.3) is 0 Å². The van der Waals surface area contributed by atoms with Crippen LogP contribution in [0.4, 0.5) is 10.5 Å². The summed E-state index contributed by atoms with van der Waals surface area (Å²) >= 11 is 0. The number of carbonyl (C=O) groups is 1. The molecule has 0 aliphatic carbocycles. The predicted octanol–water partition coefficient (Wildman–Crippen LogP) is 2.54. The fraction of sp³-hybridized carbons (Fsp3) is 0.500. The van der Waals surface area contributed by atoms with Crippen molar-refractivity contribution in [3.8, 4) is 11.5 Å². The maximum absolute atomic E-state index is 11.8. The number of hydrogen-bond acceptors (Lipinski definition) is 5. The number of anilines is 1. The van der Waals surface area contributed by atoms with Crippen LogP contribution in [0, 0.1) is 0 Å². The predicted molar refractivity (Wildman–Crippen MR) is 75.3 cm³/mol. The molecule has 0 aliphatic heterocycles. The van der Waals surface area contributed by atoms with Crippen molar-refractivity contribution in [2.75, 3.05) is 19.5 Å². The summed E-state index contributed by atoms with van der Waals surface area (Å²) in [6.07, 6.45) is -0.604. The van der Waals surface area contributed by atoms with Gasteiger partial charge in [0.05, 0.1) is 26.5 Å². The van der Waals surface area contributed by atoms with Gasteiger partial charge in [-0.2, -0.15) is 0 Å². The normalized spacial score (nSPS) is 10.9. The van der Waals surface area contributed by atoms with Gasteiger partial charge in [-0.25, -0.2) is 4.79 Å². The molecule has 2 N–H and O–H groups in total. The van der Waals surface area contributed by atoms with Gasteiger partial charge in [-0.05, 0) is 38.5 Å². The molecule has 0 aromatic heterocycles. The Balaban J connectivity index is 3.06. The van der Waals surface area contributed by atoms with Crippen LogP contribution in [-0.2, 0) is 11.3 Å². The summed E-state index contributed by atoms with van der Waals surface area (Å²) in [5, 5.41) is 11.8. The van der Waals surface area contributed by atoms with E-state index in [-0.39, 0.29) is 6.61 Å². The highest BCUT2D eigenvalue weighted by Gasteiger charge is 2.19. The Morgan fingerprint density at radius 2 is 1.90 bits per heavy atom. The van der Waals surface area contributed by atoms with Gasteiger partial charge >= 0.3 is 6.09 Å². The van der Waals surface area contributed by atoms with E-state index in [1.165, 1.54) is 14.2 Å². The van der Waals surface area contributed by atoms with E-state index in [9.17, 15) is 9.90 Å². The molecule has 0 saturated carbocycles. The number of amides is 1. The first-order valence-electron chi connectivity index (χ1n) is 6.16. The maximum atomic E-state index is 11.8. The molecule has 0 aliphatic rings. The van der Waals surface area contributed by atoms with E-state index in [0.717, 1.165) is 0 Å². The number of aliphatic hydroxyl groups is 1. The van der Waals surface area contributed by atoms with Crippen LogP contribution in [0.2, 0.25) is 0 Å². The van der Waals surface area contributed by atoms with Gasteiger partial charge < -0.3 is 19.3 Å². The highest BCUT2D eigenvalue weighted by Crippen LogP contribution is 2.36. The van der Waals surface area contributed by atoms with Crippen molar-refractivity contribution >= 4 is 11.8 Å². The third-order valence-corrected chi connectivity index (χ3v) is 2.36. The molecule has 0 atom stereocenters. The summed E-state index contributed by atoms with van der Waals surface area (Å²) in [7, 11) is 2.95. The Bertz CT molecular complexity index is 479. The van der Waals surface area contributed by atoms with E-state index < -0.39 is 11.7 Å². The fourth-order valence-electron chi connectivity index (χ4n) is 1.62. The Morgan fingerprint density at radius 1 is 1.25 bits per heavy atom. The van der Waals surface area contributed by atoms with Crippen LogP contribution in [-0.4, -0.2) is 31.0 Å². The molecular formula is C14H21NO5. The van der Waals surface area contributed by atoms with Crippen molar-refractivity contribution in [1.29, 1.82) is 0 Å². The zero-order valence-electron chi connectivity index (χ0n) is 12.4. The molecule has 6 heteroatoms. The lowest BCUT2D eigenvalue weighted by Crippen LogP contribution is -2.27. The van der Waals surface area contributed by atoms with Crippen LogP contribution < -0.4 is 14.8 Å². The van der Waals surface area contributed by atoms with Crippen LogP contribution in [0.3, 0.4) is 0 Å². The molecule has 0 saturated heterocycles. The average Bonchev–Trinajstić information content (AvgIpc) is 2.35. The summed E-state index contributed by atoms with van der Waals surface area (Å²) in [6.45, 7) is 5.14. The van der Waals surface area contributed by atoms with Gasteiger partial charge in [0.25, 0.3) is 0 Å². The van der Waals surface area contributed by atoms with E-state index in [2.05, 4.69) is 5.32 Å². The Labute approximate surface area is 118 Å². The van der Waals surface area contributed by atoms with Gasteiger partial charge in [0.2, 0.25) is 0 Å². The molecular weight excluding hydrogens is 262 g/mol. The number of benzene rings is 1. The molecule has 0 spiro atoms. The number of rotatable bonds is 4. The largest absolute Gasteiger partial charge is 0.493 e. The summed E-state index contributed by atoms with van der Waals surface area (Å²) in [5.74, 6) is 0.792. The van der Waals surface area contributed by atoms with Crippen LogP contribution in [0.1, 0.15) is 26.3 Å². The van der Waals surface area contributed by atoms with Gasteiger partial charge in [0, 0.05) is 0 Å². The van der Waals surface area contributed by atoms with Gasteiger partial charge in [0.1, 0.15) is 5.60 Å². The maximum Gasteiger partial charge on any atom is 0.412 e. The highest BCUT2D eigenvalue weighted by molar-refractivity contribution is 5.88. The van der Waals surface area contributed by atoms with Gasteiger partial charge in [-0.1, -0.05) is 0 Å². The first-order chi connectivity index (χ1) is 9.30. The highest BCUT2D eigenvalue weighted by atomic mass is 16.6. The van der Waals surface area contributed by atoms with Crippen molar-refractivity contribution < 1.29 is 24.1 Å². The standard InChI is InChI=1S/C14H21NO5/c1-14(2,3)20-13(17)15-10-6-9(8-16)7-11(18-4)12(10)19-5/h6-7,16H,8H2,1-5H3,(H,15,17). The number of carbonyl (C=O) groups excluding carboxylic acids is 1. The van der Waals surface area contributed by atoms with E-state index >= 15 is 0 Å². The molecule has 1 rings (SSSR count). The lowest BCUT2D eigenvalue weighted by Gasteiger charge is -2.21. The summed E-state index contributed by atoms with van der Waals surface area (Å²) in [4.78, 5) is 11.8. The van der Waals surface area contributed by atoms with Crippen LogP contribution in [0.5, 0.6) is 11.5 Å². The number of methoxy groups -OCH3 is 2. The van der Waals surface area contributed by atoms with E-state index in [1.807, 2.05) is 0 Å². The smallest absolute Gasteiger partial charge is 0.412 e. The Hall–Kier alpha value is -1.95. The van der Waals surface area contributed by atoms with Crippen molar-refractivity contribution in [3.05, 3.63) is 17.7 Å². The first kappa shape index (κ1) is 16.1. The molecule has 20 heavy (non-hydrogen) atoms.